The molecule has 0 aliphatic heterocycles. The van der Waals surface area contributed by atoms with Crippen LogP contribution >= 0.6 is 39.0 Å². The van der Waals surface area contributed by atoms with Gasteiger partial charge in [-0.3, -0.25) is 0 Å². The lowest BCUT2D eigenvalue weighted by Gasteiger charge is -2.08. The molecule has 3 N–H and O–H groups in total. The Hall–Kier alpha value is -1.05. The van der Waals surface area contributed by atoms with E-state index in [0.29, 0.717) is 5.56 Å². The van der Waals surface area contributed by atoms with Gasteiger partial charge in [-0.05, 0) is 28.1 Å². The zero-order valence-electron chi connectivity index (χ0n) is 8.50. The average Bonchev–Trinajstić information content (AvgIpc) is 2.81. The molecule has 4 nitrogen and oxygen atoms in total. The molecule has 0 unspecified atom stereocenters. The summed E-state index contributed by atoms with van der Waals surface area (Å²) in [5, 5.41) is 13.7. The molecule has 17 heavy (non-hydrogen) atoms. The van der Waals surface area contributed by atoms with Crippen LogP contribution in [0, 0.1) is 0 Å². The molecule has 0 saturated carbocycles. The van der Waals surface area contributed by atoms with Crippen LogP contribution in [0.25, 0.3) is 0 Å². The summed E-state index contributed by atoms with van der Waals surface area (Å²) >= 11 is 6.42. The van der Waals surface area contributed by atoms with Crippen LogP contribution < -0.4 is 5.73 Å². The van der Waals surface area contributed by atoms with Gasteiger partial charge in [0.2, 0.25) is 0 Å². The third-order valence-corrected chi connectivity index (χ3v) is 4.55. The summed E-state index contributed by atoms with van der Waals surface area (Å²) in [6, 6.07) is 5.65. The summed E-state index contributed by atoms with van der Waals surface area (Å²) in [6.45, 7) is 0. The highest BCUT2D eigenvalue weighted by Gasteiger charge is 2.13. The maximum absolute atomic E-state index is 8.78. The van der Waals surface area contributed by atoms with Crippen LogP contribution in [0.4, 0.5) is 0 Å². The SMILES string of the molecule is N/C(=N/O)c1c(Br)cccc1Sc1nccs1. The van der Waals surface area contributed by atoms with Gasteiger partial charge in [-0.15, -0.1) is 11.3 Å². The molecule has 0 bridgehead atoms. The third-order valence-electron chi connectivity index (χ3n) is 1.95. The second-order valence-electron chi connectivity index (χ2n) is 3.00. The fourth-order valence-electron chi connectivity index (χ4n) is 1.24. The van der Waals surface area contributed by atoms with Crippen LogP contribution in [0.15, 0.2) is 48.6 Å². The van der Waals surface area contributed by atoms with Crippen LogP contribution in [0.1, 0.15) is 5.56 Å². The molecule has 1 aromatic heterocycles. The quantitative estimate of drug-likeness (QED) is 0.392. The van der Waals surface area contributed by atoms with Gasteiger partial charge >= 0.3 is 0 Å². The van der Waals surface area contributed by atoms with Gasteiger partial charge < -0.3 is 10.9 Å². The molecule has 0 aliphatic carbocycles. The normalized spacial score (nSPS) is 11.7. The maximum Gasteiger partial charge on any atom is 0.172 e. The molecule has 0 amide bonds. The molecule has 88 valence electrons. The molecular weight excluding hydrogens is 322 g/mol. The van der Waals surface area contributed by atoms with E-state index in [0.717, 1.165) is 13.7 Å². The lowest BCUT2D eigenvalue weighted by atomic mass is 10.2. The lowest BCUT2D eigenvalue weighted by molar-refractivity contribution is 0.318. The predicted molar refractivity (Wildman–Crippen MR) is 72.9 cm³/mol. The number of aromatic nitrogens is 1. The van der Waals surface area contributed by atoms with E-state index in [9.17, 15) is 0 Å². The van der Waals surface area contributed by atoms with Crippen LogP contribution in [0.5, 0.6) is 0 Å². The summed E-state index contributed by atoms with van der Waals surface area (Å²) in [7, 11) is 0. The third kappa shape index (κ3) is 2.80. The topological polar surface area (TPSA) is 71.5 Å². The first-order chi connectivity index (χ1) is 8.22. The van der Waals surface area contributed by atoms with Crippen molar-refractivity contribution in [3.05, 3.63) is 39.8 Å². The van der Waals surface area contributed by atoms with Crippen molar-refractivity contribution in [3.63, 3.8) is 0 Å². The Morgan fingerprint density at radius 2 is 2.35 bits per heavy atom. The zero-order valence-corrected chi connectivity index (χ0v) is 11.7. The van der Waals surface area contributed by atoms with Crippen molar-refractivity contribution in [2.24, 2.45) is 10.9 Å². The summed E-state index contributed by atoms with van der Waals surface area (Å²) in [6.07, 6.45) is 1.74. The monoisotopic (exact) mass is 329 g/mol. The summed E-state index contributed by atoms with van der Waals surface area (Å²) in [5.74, 6) is 0.0801. The second-order valence-corrected chi connectivity index (χ2v) is 6.04. The van der Waals surface area contributed by atoms with E-state index in [-0.39, 0.29) is 5.84 Å². The van der Waals surface area contributed by atoms with E-state index < -0.39 is 0 Å². The van der Waals surface area contributed by atoms with E-state index >= 15 is 0 Å². The van der Waals surface area contributed by atoms with E-state index in [1.807, 2.05) is 23.6 Å². The molecule has 2 aromatic rings. The molecule has 2 rings (SSSR count). The van der Waals surface area contributed by atoms with E-state index in [2.05, 4.69) is 26.1 Å². The Balaban J connectivity index is 2.43. The maximum atomic E-state index is 8.78. The van der Waals surface area contributed by atoms with E-state index in [4.69, 9.17) is 10.9 Å². The Kier molecular flexibility index (Phi) is 4.03. The molecule has 0 atom stereocenters. The van der Waals surface area contributed by atoms with Crippen LogP contribution in [-0.2, 0) is 0 Å². The van der Waals surface area contributed by atoms with E-state index in [1.54, 1.807) is 17.5 Å². The average molecular weight is 330 g/mol. The molecule has 0 aliphatic rings. The fraction of sp³-hybridized carbons (Fsp3) is 0. The first-order valence-electron chi connectivity index (χ1n) is 4.56. The molecule has 1 aromatic carbocycles. The van der Waals surface area contributed by atoms with Crippen LogP contribution in [-0.4, -0.2) is 16.0 Å². The Labute approximate surface area is 115 Å². The molecule has 0 saturated heterocycles. The highest BCUT2D eigenvalue weighted by molar-refractivity contribution is 9.10. The summed E-state index contributed by atoms with van der Waals surface area (Å²) in [4.78, 5) is 5.08. The Morgan fingerprint density at radius 1 is 1.53 bits per heavy atom. The number of nitrogens with two attached hydrogens (primary N) is 1. The Bertz CT molecular complexity index is 542. The lowest BCUT2D eigenvalue weighted by Crippen LogP contribution is -2.15. The van der Waals surface area contributed by atoms with Gasteiger partial charge in [-0.1, -0.05) is 23.0 Å². The number of benzene rings is 1. The number of oxime groups is 1. The summed E-state index contributed by atoms with van der Waals surface area (Å²) < 4.78 is 1.70. The van der Waals surface area contributed by atoms with Gasteiger partial charge in [0.05, 0.1) is 0 Å². The second kappa shape index (κ2) is 5.52. The van der Waals surface area contributed by atoms with Gasteiger partial charge in [0.25, 0.3) is 0 Å². The van der Waals surface area contributed by atoms with Crippen molar-refractivity contribution in [1.82, 2.24) is 4.98 Å². The van der Waals surface area contributed by atoms with E-state index in [1.165, 1.54) is 11.8 Å². The standard InChI is InChI=1S/C10H8BrN3OS2/c11-6-2-1-3-7(8(6)9(12)14-15)17-10-13-4-5-16-10/h1-5,15H,(H2,12,14). The van der Waals surface area contributed by atoms with Gasteiger partial charge in [0, 0.05) is 26.5 Å². The highest BCUT2D eigenvalue weighted by Crippen LogP contribution is 2.34. The molecule has 0 fully saturated rings. The number of halogens is 1. The van der Waals surface area contributed by atoms with Gasteiger partial charge in [-0.25, -0.2) is 4.98 Å². The van der Waals surface area contributed by atoms with Crippen molar-refractivity contribution in [2.45, 2.75) is 9.24 Å². The highest BCUT2D eigenvalue weighted by atomic mass is 79.9. The molecule has 0 spiro atoms. The van der Waals surface area contributed by atoms with Gasteiger partial charge in [0.15, 0.2) is 10.2 Å². The number of hydrogen-bond acceptors (Lipinski definition) is 5. The minimum absolute atomic E-state index is 0.0801. The van der Waals surface area contributed by atoms with Crippen LogP contribution in [0.2, 0.25) is 0 Å². The Morgan fingerprint density at radius 3 is 3.00 bits per heavy atom. The number of amidine groups is 1. The zero-order chi connectivity index (χ0) is 12.3. The molecule has 1 heterocycles. The number of nitrogens with zero attached hydrogens (tertiary/aromatic N) is 2. The molecule has 0 radical (unpaired) electrons. The van der Waals surface area contributed by atoms with Crippen molar-refractivity contribution in [3.8, 4) is 0 Å². The fourth-order valence-corrected chi connectivity index (χ4v) is 3.70. The van der Waals surface area contributed by atoms with Crippen molar-refractivity contribution in [1.29, 1.82) is 0 Å². The number of rotatable bonds is 3. The van der Waals surface area contributed by atoms with Gasteiger partial charge in [-0.2, -0.15) is 0 Å². The molecule has 7 heteroatoms. The first-order valence-corrected chi connectivity index (χ1v) is 7.05. The van der Waals surface area contributed by atoms with Gasteiger partial charge in [0.1, 0.15) is 0 Å². The smallest absolute Gasteiger partial charge is 0.172 e. The minimum atomic E-state index is 0.0801. The predicted octanol–water partition coefficient (Wildman–Crippen LogP) is 3.15. The van der Waals surface area contributed by atoms with Crippen molar-refractivity contribution >= 4 is 44.9 Å². The number of thiazole rings is 1. The van der Waals surface area contributed by atoms with Crippen LogP contribution in [0.3, 0.4) is 0 Å². The largest absolute Gasteiger partial charge is 0.409 e. The first kappa shape index (κ1) is 12.4. The van der Waals surface area contributed by atoms with Crippen molar-refractivity contribution < 1.29 is 5.21 Å². The number of hydrogen-bond donors (Lipinski definition) is 2. The van der Waals surface area contributed by atoms with Crippen molar-refractivity contribution in [2.75, 3.05) is 0 Å². The summed E-state index contributed by atoms with van der Waals surface area (Å²) in [5.41, 5.74) is 6.34. The minimum Gasteiger partial charge on any atom is -0.409 e. The molecular formula is C10H8BrN3OS2.